The monoisotopic (exact) mass is 317 g/mol. The van der Waals surface area contributed by atoms with Crippen molar-refractivity contribution in [1.29, 1.82) is 0 Å². The highest BCUT2D eigenvalue weighted by Crippen LogP contribution is 2.28. The summed E-state index contributed by atoms with van der Waals surface area (Å²) in [5.41, 5.74) is 0. The van der Waals surface area contributed by atoms with Crippen molar-refractivity contribution >= 4 is 27.5 Å². The number of rotatable bonds is 4. The Labute approximate surface area is 116 Å². The van der Waals surface area contributed by atoms with Crippen LogP contribution in [0.15, 0.2) is 22.7 Å². The van der Waals surface area contributed by atoms with Crippen LogP contribution in [0.25, 0.3) is 0 Å². The average molecular weight is 319 g/mol. The number of nitrogens with zero attached hydrogens (tertiary/aromatic N) is 1. The van der Waals surface area contributed by atoms with E-state index in [0.717, 1.165) is 21.9 Å². The summed E-state index contributed by atoms with van der Waals surface area (Å²) in [5.74, 6) is 0.862. The van der Waals surface area contributed by atoms with Crippen molar-refractivity contribution in [3.05, 3.63) is 27.7 Å². The fraction of sp³-hybridized carbons (Fsp3) is 0.538. The molecule has 1 aliphatic heterocycles. The summed E-state index contributed by atoms with van der Waals surface area (Å²) < 4.78 is 6.73. The number of halogens is 2. The van der Waals surface area contributed by atoms with Crippen molar-refractivity contribution in [3.63, 3.8) is 0 Å². The minimum absolute atomic E-state index is 0.472. The van der Waals surface area contributed by atoms with Crippen LogP contribution in [0.3, 0.4) is 0 Å². The first-order valence-corrected chi connectivity index (χ1v) is 7.16. The Kier molecular flexibility index (Phi) is 4.71. The molecule has 0 spiro atoms. The second-order valence-corrected chi connectivity index (χ2v) is 5.77. The van der Waals surface area contributed by atoms with Crippen molar-refractivity contribution in [2.45, 2.75) is 25.8 Å². The van der Waals surface area contributed by atoms with Crippen LogP contribution in [0, 0.1) is 0 Å². The minimum Gasteiger partial charge on any atom is -0.491 e. The van der Waals surface area contributed by atoms with Gasteiger partial charge in [0.15, 0.2) is 0 Å². The largest absolute Gasteiger partial charge is 0.491 e. The molecule has 1 aromatic rings. The quantitative estimate of drug-likeness (QED) is 0.833. The zero-order chi connectivity index (χ0) is 12.3. The van der Waals surface area contributed by atoms with Gasteiger partial charge in [-0.2, -0.15) is 0 Å². The van der Waals surface area contributed by atoms with E-state index in [1.165, 1.54) is 25.9 Å². The van der Waals surface area contributed by atoms with Gasteiger partial charge >= 0.3 is 0 Å². The van der Waals surface area contributed by atoms with Gasteiger partial charge in [0.2, 0.25) is 0 Å². The van der Waals surface area contributed by atoms with Crippen molar-refractivity contribution in [1.82, 2.24) is 4.90 Å². The van der Waals surface area contributed by atoms with Crippen LogP contribution >= 0.6 is 27.5 Å². The Morgan fingerprint density at radius 3 is 2.76 bits per heavy atom. The Hall–Kier alpha value is -0.250. The highest BCUT2D eigenvalue weighted by Gasteiger charge is 2.18. The van der Waals surface area contributed by atoms with Gasteiger partial charge in [-0.1, -0.05) is 11.6 Å². The summed E-state index contributed by atoms with van der Waals surface area (Å²) >= 11 is 9.35. The molecule has 1 fully saturated rings. The first-order valence-electron chi connectivity index (χ1n) is 5.99. The predicted octanol–water partition coefficient (Wildman–Crippen LogP) is 3.97. The van der Waals surface area contributed by atoms with Gasteiger partial charge in [0.05, 0.1) is 4.47 Å². The van der Waals surface area contributed by atoms with Gasteiger partial charge in [-0.05, 0) is 67.0 Å². The fourth-order valence-corrected chi connectivity index (χ4v) is 2.89. The van der Waals surface area contributed by atoms with Crippen LogP contribution in [-0.4, -0.2) is 30.6 Å². The molecule has 2 rings (SSSR count). The zero-order valence-electron chi connectivity index (χ0n) is 9.96. The average Bonchev–Trinajstić information content (AvgIpc) is 2.81. The smallest absolute Gasteiger partial charge is 0.133 e. The van der Waals surface area contributed by atoms with Crippen LogP contribution in [0.4, 0.5) is 0 Å². The number of likely N-dealkylation sites (tertiary alicyclic amines) is 1. The molecule has 4 heteroatoms. The van der Waals surface area contributed by atoms with Gasteiger partial charge in [-0.15, -0.1) is 0 Å². The molecule has 1 aliphatic rings. The Morgan fingerprint density at radius 1 is 1.41 bits per heavy atom. The molecule has 94 valence electrons. The minimum atomic E-state index is 0.472. The first kappa shape index (κ1) is 13.2. The van der Waals surface area contributed by atoms with Crippen molar-refractivity contribution in [2.75, 3.05) is 19.7 Å². The number of ether oxygens (including phenoxy) is 1. The molecule has 1 heterocycles. The molecular weight excluding hydrogens is 302 g/mol. The second kappa shape index (κ2) is 6.07. The van der Waals surface area contributed by atoms with Crippen molar-refractivity contribution in [3.8, 4) is 5.75 Å². The van der Waals surface area contributed by atoms with Crippen LogP contribution in [0.5, 0.6) is 5.75 Å². The molecule has 1 atom stereocenters. The molecule has 2 nitrogen and oxygen atoms in total. The summed E-state index contributed by atoms with van der Waals surface area (Å²) in [5, 5.41) is 0.719. The molecule has 0 saturated carbocycles. The lowest BCUT2D eigenvalue weighted by Gasteiger charge is -2.23. The topological polar surface area (TPSA) is 12.5 Å². The molecule has 0 aliphatic carbocycles. The zero-order valence-corrected chi connectivity index (χ0v) is 12.3. The van der Waals surface area contributed by atoms with E-state index in [0.29, 0.717) is 6.04 Å². The van der Waals surface area contributed by atoms with Crippen LogP contribution in [0.2, 0.25) is 5.02 Å². The molecule has 17 heavy (non-hydrogen) atoms. The standard InChI is InChI=1S/C13H17BrClNO/c1-10(16-6-2-3-7-16)9-17-13-5-4-11(15)8-12(13)14/h4-5,8,10H,2-3,6-7,9H2,1H3. The van der Waals surface area contributed by atoms with Crippen LogP contribution < -0.4 is 4.74 Å². The third-order valence-corrected chi connectivity index (χ3v) is 3.99. The summed E-state index contributed by atoms with van der Waals surface area (Å²) in [6, 6.07) is 6.09. The normalized spacial score (nSPS) is 18.3. The summed E-state index contributed by atoms with van der Waals surface area (Å²) in [4.78, 5) is 2.48. The van der Waals surface area contributed by atoms with E-state index >= 15 is 0 Å². The SMILES string of the molecule is CC(COc1ccc(Cl)cc1Br)N1CCCC1. The summed E-state index contributed by atoms with van der Waals surface area (Å²) in [6.07, 6.45) is 2.63. The highest BCUT2D eigenvalue weighted by atomic mass is 79.9. The number of benzene rings is 1. The molecule has 0 bridgehead atoms. The van der Waals surface area contributed by atoms with E-state index < -0.39 is 0 Å². The van der Waals surface area contributed by atoms with E-state index in [4.69, 9.17) is 16.3 Å². The molecule has 1 unspecified atom stereocenters. The molecular formula is C13H17BrClNO. The van der Waals surface area contributed by atoms with Gasteiger partial charge < -0.3 is 4.74 Å². The Balaban J connectivity index is 1.88. The Bertz CT molecular complexity index is 380. The lowest BCUT2D eigenvalue weighted by Crippen LogP contribution is -2.34. The highest BCUT2D eigenvalue weighted by molar-refractivity contribution is 9.10. The number of hydrogen-bond donors (Lipinski definition) is 0. The van der Waals surface area contributed by atoms with E-state index in [-0.39, 0.29) is 0 Å². The van der Waals surface area contributed by atoms with Gasteiger partial charge in [0, 0.05) is 11.1 Å². The number of hydrogen-bond acceptors (Lipinski definition) is 2. The maximum Gasteiger partial charge on any atom is 0.133 e. The third-order valence-electron chi connectivity index (χ3n) is 3.14. The van der Waals surface area contributed by atoms with E-state index in [2.05, 4.69) is 27.8 Å². The molecule has 1 saturated heterocycles. The molecule has 0 aromatic heterocycles. The summed E-state index contributed by atoms with van der Waals surface area (Å²) in [6.45, 7) is 5.34. The molecule has 1 aromatic carbocycles. The maximum atomic E-state index is 5.89. The molecule has 0 N–H and O–H groups in total. The lowest BCUT2D eigenvalue weighted by atomic mass is 10.3. The van der Waals surface area contributed by atoms with E-state index in [1.54, 1.807) is 0 Å². The van der Waals surface area contributed by atoms with Gasteiger partial charge in [-0.25, -0.2) is 0 Å². The van der Waals surface area contributed by atoms with E-state index in [1.807, 2.05) is 18.2 Å². The molecule has 0 radical (unpaired) electrons. The molecule has 0 amide bonds. The maximum absolute atomic E-state index is 5.89. The van der Waals surface area contributed by atoms with Gasteiger partial charge in [0.1, 0.15) is 12.4 Å². The van der Waals surface area contributed by atoms with Crippen molar-refractivity contribution < 1.29 is 4.74 Å². The first-order chi connectivity index (χ1) is 8.16. The van der Waals surface area contributed by atoms with Gasteiger partial charge in [0.25, 0.3) is 0 Å². The summed E-state index contributed by atoms with van der Waals surface area (Å²) in [7, 11) is 0. The predicted molar refractivity (Wildman–Crippen MR) is 74.9 cm³/mol. The van der Waals surface area contributed by atoms with Gasteiger partial charge in [-0.3, -0.25) is 4.90 Å². The lowest BCUT2D eigenvalue weighted by molar-refractivity contribution is 0.172. The van der Waals surface area contributed by atoms with Crippen LogP contribution in [-0.2, 0) is 0 Å². The van der Waals surface area contributed by atoms with Crippen molar-refractivity contribution in [2.24, 2.45) is 0 Å². The fourth-order valence-electron chi connectivity index (χ4n) is 2.09. The van der Waals surface area contributed by atoms with Crippen LogP contribution in [0.1, 0.15) is 19.8 Å². The Morgan fingerprint density at radius 2 is 2.12 bits per heavy atom. The van der Waals surface area contributed by atoms with E-state index in [9.17, 15) is 0 Å². The third kappa shape index (κ3) is 3.60. The second-order valence-electron chi connectivity index (χ2n) is 4.48.